The quantitative estimate of drug-likeness (QED) is 0.882. The van der Waals surface area contributed by atoms with Crippen LogP contribution in [0.2, 0.25) is 0 Å². The lowest BCUT2D eigenvalue weighted by Gasteiger charge is -2.17. The molecule has 1 N–H and O–H groups in total. The van der Waals surface area contributed by atoms with Crippen LogP contribution in [0.15, 0.2) is 18.2 Å². The molecule has 1 aromatic carbocycles. The minimum absolute atomic E-state index is 0.0813. The summed E-state index contributed by atoms with van der Waals surface area (Å²) in [6.45, 7) is 0.779. The van der Waals surface area contributed by atoms with Crippen LogP contribution in [0.4, 0.5) is 0 Å². The number of aliphatic carboxylic acids is 1. The Balaban J connectivity index is 2.05. The Bertz CT molecular complexity index is 543. The summed E-state index contributed by atoms with van der Waals surface area (Å²) in [6.07, 6.45) is 0.709. The van der Waals surface area contributed by atoms with Crippen LogP contribution in [0.3, 0.4) is 0 Å². The molecule has 0 aliphatic carbocycles. The summed E-state index contributed by atoms with van der Waals surface area (Å²) in [7, 11) is 3.11. The lowest BCUT2D eigenvalue weighted by atomic mass is 10.1. The van der Waals surface area contributed by atoms with E-state index in [1.165, 1.54) is 0 Å². The van der Waals surface area contributed by atoms with E-state index in [0.717, 1.165) is 5.56 Å². The van der Waals surface area contributed by atoms with E-state index in [4.69, 9.17) is 14.6 Å². The Kier molecular flexibility index (Phi) is 4.67. The molecule has 1 fully saturated rings. The maximum absolute atomic E-state index is 12.3. The lowest BCUT2D eigenvalue weighted by molar-refractivity contribution is -0.141. The number of benzene rings is 1. The van der Waals surface area contributed by atoms with E-state index in [-0.39, 0.29) is 18.9 Å². The van der Waals surface area contributed by atoms with Crippen LogP contribution in [0.1, 0.15) is 12.0 Å². The van der Waals surface area contributed by atoms with Gasteiger partial charge in [-0.05, 0) is 12.5 Å². The second-order valence-electron chi connectivity index (χ2n) is 5.02. The Morgan fingerprint density at radius 1 is 1.33 bits per heavy atom. The Labute approximate surface area is 123 Å². The minimum Gasteiger partial charge on any atom is -0.497 e. The van der Waals surface area contributed by atoms with E-state index in [0.29, 0.717) is 24.5 Å². The van der Waals surface area contributed by atoms with Gasteiger partial charge in [0.2, 0.25) is 5.91 Å². The number of ether oxygens (including phenoxy) is 2. The van der Waals surface area contributed by atoms with Crippen molar-refractivity contribution in [3.8, 4) is 11.5 Å². The molecule has 0 aromatic heterocycles. The predicted octanol–water partition coefficient (Wildman–Crippen LogP) is 1.18. The first-order valence-corrected chi connectivity index (χ1v) is 6.76. The van der Waals surface area contributed by atoms with Gasteiger partial charge in [-0.2, -0.15) is 0 Å². The Morgan fingerprint density at radius 3 is 2.67 bits per heavy atom. The number of carboxylic acids is 1. The van der Waals surface area contributed by atoms with Crippen molar-refractivity contribution in [3.63, 3.8) is 0 Å². The number of carbonyl (C=O) groups is 2. The van der Waals surface area contributed by atoms with Crippen LogP contribution < -0.4 is 9.47 Å². The van der Waals surface area contributed by atoms with Gasteiger partial charge in [0, 0.05) is 24.7 Å². The zero-order chi connectivity index (χ0) is 15.4. The Hall–Kier alpha value is -2.24. The van der Waals surface area contributed by atoms with Crippen molar-refractivity contribution < 1.29 is 24.2 Å². The monoisotopic (exact) mass is 293 g/mol. The Morgan fingerprint density at radius 2 is 2.10 bits per heavy atom. The van der Waals surface area contributed by atoms with E-state index in [1.807, 2.05) is 0 Å². The van der Waals surface area contributed by atoms with E-state index < -0.39 is 11.9 Å². The van der Waals surface area contributed by atoms with E-state index in [9.17, 15) is 9.59 Å². The van der Waals surface area contributed by atoms with Gasteiger partial charge in [-0.1, -0.05) is 6.07 Å². The molecule has 2 rings (SSSR count). The number of amides is 1. The average Bonchev–Trinajstić information content (AvgIpc) is 2.97. The fraction of sp³-hybridized carbons (Fsp3) is 0.467. The molecule has 0 saturated carbocycles. The fourth-order valence-corrected chi connectivity index (χ4v) is 2.46. The predicted molar refractivity (Wildman–Crippen MR) is 75.6 cm³/mol. The largest absolute Gasteiger partial charge is 0.497 e. The molecule has 21 heavy (non-hydrogen) atoms. The number of likely N-dealkylation sites (tertiary alicyclic amines) is 1. The zero-order valence-corrected chi connectivity index (χ0v) is 12.2. The third-order valence-corrected chi connectivity index (χ3v) is 3.73. The maximum atomic E-state index is 12.3. The van der Waals surface area contributed by atoms with Gasteiger partial charge in [-0.25, -0.2) is 0 Å². The third-order valence-electron chi connectivity index (χ3n) is 3.73. The molecule has 1 heterocycles. The van der Waals surface area contributed by atoms with Crippen molar-refractivity contribution in [2.45, 2.75) is 12.8 Å². The molecule has 6 nitrogen and oxygen atoms in total. The molecule has 0 bridgehead atoms. The summed E-state index contributed by atoms with van der Waals surface area (Å²) < 4.78 is 10.4. The van der Waals surface area contributed by atoms with Crippen molar-refractivity contribution in [2.75, 3.05) is 27.3 Å². The number of methoxy groups -OCH3 is 2. The molecule has 114 valence electrons. The molecular formula is C15H19NO5. The van der Waals surface area contributed by atoms with Crippen LogP contribution >= 0.6 is 0 Å². The molecule has 0 radical (unpaired) electrons. The SMILES string of the molecule is COc1ccc(CC(=O)N2CCC(C(=O)O)C2)c(OC)c1. The van der Waals surface area contributed by atoms with Crippen LogP contribution in [-0.4, -0.2) is 49.2 Å². The normalized spacial score (nSPS) is 17.6. The summed E-state index contributed by atoms with van der Waals surface area (Å²) in [5.74, 6) is -0.117. The molecule has 0 spiro atoms. The summed E-state index contributed by atoms with van der Waals surface area (Å²) in [4.78, 5) is 24.8. The maximum Gasteiger partial charge on any atom is 0.308 e. The van der Waals surface area contributed by atoms with Gasteiger partial charge in [0.05, 0.1) is 26.6 Å². The number of nitrogens with zero attached hydrogens (tertiary/aromatic N) is 1. The highest BCUT2D eigenvalue weighted by Gasteiger charge is 2.30. The van der Waals surface area contributed by atoms with Crippen molar-refractivity contribution >= 4 is 11.9 Å². The summed E-state index contributed by atoms with van der Waals surface area (Å²) in [5.41, 5.74) is 0.766. The molecule has 6 heteroatoms. The molecule has 1 unspecified atom stereocenters. The summed E-state index contributed by atoms with van der Waals surface area (Å²) in [5, 5.41) is 8.97. The van der Waals surface area contributed by atoms with Gasteiger partial charge in [0.15, 0.2) is 0 Å². The lowest BCUT2D eigenvalue weighted by Crippen LogP contribution is -2.31. The van der Waals surface area contributed by atoms with Gasteiger partial charge in [0.25, 0.3) is 0 Å². The van der Waals surface area contributed by atoms with Crippen molar-refractivity contribution in [3.05, 3.63) is 23.8 Å². The number of carboxylic acid groups (broad SMARTS) is 1. The topological polar surface area (TPSA) is 76.1 Å². The van der Waals surface area contributed by atoms with Crippen molar-refractivity contribution in [2.24, 2.45) is 5.92 Å². The second-order valence-corrected chi connectivity index (χ2v) is 5.02. The summed E-state index contributed by atoms with van der Waals surface area (Å²) in [6, 6.07) is 5.29. The second kappa shape index (κ2) is 6.47. The van der Waals surface area contributed by atoms with Crippen molar-refractivity contribution in [1.29, 1.82) is 0 Å². The zero-order valence-electron chi connectivity index (χ0n) is 12.2. The van der Waals surface area contributed by atoms with Crippen LogP contribution in [0.25, 0.3) is 0 Å². The number of hydrogen-bond acceptors (Lipinski definition) is 4. The molecule has 1 aliphatic rings. The van der Waals surface area contributed by atoms with Crippen LogP contribution in [-0.2, 0) is 16.0 Å². The first-order valence-electron chi connectivity index (χ1n) is 6.76. The van der Waals surface area contributed by atoms with E-state index in [1.54, 1.807) is 37.3 Å². The van der Waals surface area contributed by atoms with Gasteiger partial charge in [0.1, 0.15) is 11.5 Å². The standard InChI is InChI=1S/C15H19NO5/c1-20-12-4-3-10(13(8-12)21-2)7-14(17)16-6-5-11(9-16)15(18)19/h3-4,8,11H,5-7,9H2,1-2H3,(H,18,19). The summed E-state index contributed by atoms with van der Waals surface area (Å²) >= 11 is 0. The first kappa shape index (κ1) is 15.2. The van der Waals surface area contributed by atoms with Crippen LogP contribution in [0.5, 0.6) is 11.5 Å². The van der Waals surface area contributed by atoms with Crippen molar-refractivity contribution in [1.82, 2.24) is 4.90 Å². The van der Waals surface area contributed by atoms with Crippen LogP contribution in [0, 0.1) is 5.92 Å². The average molecular weight is 293 g/mol. The minimum atomic E-state index is -0.840. The number of hydrogen-bond donors (Lipinski definition) is 1. The highest BCUT2D eigenvalue weighted by Crippen LogP contribution is 2.26. The van der Waals surface area contributed by atoms with Gasteiger partial charge < -0.3 is 19.5 Å². The molecule has 1 aromatic rings. The molecule has 1 amide bonds. The molecule has 1 aliphatic heterocycles. The molecule has 1 atom stereocenters. The van der Waals surface area contributed by atoms with E-state index >= 15 is 0 Å². The highest BCUT2D eigenvalue weighted by atomic mass is 16.5. The van der Waals surface area contributed by atoms with E-state index in [2.05, 4.69) is 0 Å². The highest BCUT2D eigenvalue weighted by molar-refractivity contribution is 5.81. The fourth-order valence-electron chi connectivity index (χ4n) is 2.46. The van der Waals surface area contributed by atoms with Gasteiger partial charge in [-0.15, -0.1) is 0 Å². The van der Waals surface area contributed by atoms with Gasteiger partial charge in [-0.3, -0.25) is 9.59 Å². The van der Waals surface area contributed by atoms with Gasteiger partial charge >= 0.3 is 5.97 Å². The molecule has 1 saturated heterocycles. The molecular weight excluding hydrogens is 274 g/mol. The first-order chi connectivity index (χ1) is 10.0. The smallest absolute Gasteiger partial charge is 0.308 e. The number of carbonyl (C=O) groups excluding carboxylic acids is 1. The number of rotatable bonds is 5. The third kappa shape index (κ3) is 3.45.